The number of halogens is 1. The minimum Gasteiger partial charge on any atom is -0.354 e. The third kappa shape index (κ3) is 5.44. The second kappa shape index (κ2) is 8.97. The van der Waals surface area contributed by atoms with Gasteiger partial charge in [-0.2, -0.15) is 0 Å². The molecule has 1 unspecified atom stereocenters. The van der Waals surface area contributed by atoms with Crippen molar-refractivity contribution in [2.45, 2.75) is 18.9 Å². The zero-order valence-electron chi connectivity index (χ0n) is 13.8. The highest BCUT2D eigenvalue weighted by atomic mass is 35.5. The third-order valence-corrected chi connectivity index (χ3v) is 5.00. The van der Waals surface area contributed by atoms with E-state index in [1.165, 1.54) is 11.3 Å². The van der Waals surface area contributed by atoms with E-state index in [0.717, 1.165) is 5.56 Å². The Hall–Kier alpha value is -1.69. The molecule has 1 aromatic carbocycles. The summed E-state index contributed by atoms with van der Waals surface area (Å²) in [5, 5.41) is 2.92. The fourth-order valence-electron chi connectivity index (χ4n) is 2.39. The van der Waals surface area contributed by atoms with E-state index in [9.17, 15) is 9.59 Å². The lowest BCUT2D eigenvalue weighted by molar-refractivity contribution is -0.121. The van der Waals surface area contributed by atoms with Gasteiger partial charge < -0.3 is 10.2 Å². The Bertz CT molecular complexity index is 685. The van der Waals surface area contributed by atoms with Gasteiger partial charge in [-0.05, 0) is 31.8 Å². The Morgan fingerprint density at radius 1 is 1.12 bits per heavy atom. The summed E-state index contributed by atoms with van der Waals surface area (Å²) in [6.07, 6.45) is 0.379. The summed E-state index contributed by atoms with van der Waals surface area (Å²) in [5.74, 6) is -0.164. The van der Waals surface area contributed by atoms with Crippen LogP contribution < -0.4 is 5.32 Å². The normalized spacial score (nSPS) is 12.2. The SMILES string of the molecule is CN(C)C(CNC(=O)CCC(=O)c1ccc(Cl)s1)c1ccccc1. The zero-order chi connectivity index (χ0) is 17.5. The molecule has 1 heterocycles. The summed E-state index contributed by atoms with van der Waals surface area (Å²) in [5.41, 5.74) is 1.15. The molecule has 1 aromatic heterocycles. The molecule has 1 N–H and O–H groups in total. The molecule has 1 amide bonds. The van der Waals surface area contributed by atoms with Crippen LogP contribution in [0.1, 0.15) is 34.1 Å². The molecule has 24 heavy (non-hydrogen) atoms. The summed E-state index contributed by atoms with van der Waals surface area (Å²) in [7, 11) is 3.96. The average Bonchev–Trinajstić information content (AvgIpc) is 3.00. The van der Waals surface area contributed by atoms with Gasteiger partial charge in [0.25, 0.3) is 0 Å². The molecule has 0 fully saturated rings. The van der Waals surface area contributed by atoms with Gasteiger partial charge in [0.05, 0.1) is 15.3 Å². The van der Waals surface area contributed by atoms with Gasteiger partial charge in [0.2, 0.25) is 5.91 Å². The molecule has 128 valence electrons. The molecule has 6 heteroatoms. The molecule has 0 radical (unpaired) electrons. The minimum absolute atomic E-state index is 0.0470. The molecular weight excluding hydrogens is 344 g/mol. The number of ketones is 1. The lowest BCUT2D eigenvalue weighted by atomic mass is 10.1. The summed E-state index contributed by atoms with van der Waals surface area (Å²) in [6, 6.07) is 13.5. The van der Waals surface area contributed by atoms with Gasteiger partial charge in [0.15, 0.2) is 5.78 Å². The van der Waals surface area contributed by atoms with E-state index in [-0.39, 0.29) is 30.6 Å². The molecule has 0 spiro atoms. The van der Waals surface area contributed by atoms with Crippen LogP contribution in [0.25, 0.3) is 0 Å². The number of amides is 1. The Morgan fingerprint density at radius 2 is 1.83 bits per heavy atom. The first-order valence-corrected chi connectivity index (χ1v) is 8.93. The molecule has 2 rings (SSSR count). The van der Waals surface area contributed by atoms with Crippen LogP contribution in [0.4, 0.5) is 0 Å². The molecule has 0 saturated carbocycles. The van der Waals surface area contributed by atoms with E-state index >= 15 is 0 Å². The highest BCUT2D eigenvalue weighted by molar-refractivity contribution is 7.18. The minimum atomic E-state index is -0.117. The van der Waals surface area contributed by atoms with E-state index in [4.69, 9.17) is 11.6 Å². The zero-order valence-corrected chi connectivity index (χ0v) is 15.4. The summed E-state index contributed by atoms with van der Waals surface area (Å²) >= 11 is 7.07. The van der Waals surface area contributed by atoms with Crippen LogP contribution in [0.3, 0.4) is 0 Å². The molecule has 0 bridgehead atoms. The fraction of sp³-hybridized carbons (Fsp3) is 0.333. The summed E-state index contributed by atoms with van der Waals surface area (Å²) in [6.45, 7) is 0.509. The quantitative estimate of drug-likeness (QED) is 0.725. The van der Waals surface area contributed by atoms with Crippen molar-refractivity contribution in [1.82, 2.24) is 10.2 Å². The molecular formula is C18H21ClN2O2S. The van der Waals surface area contributed by atoms with Crippen LogP contribution in [0.15, 0.2) is 42.5 Å². The molecule has 0 saturated heterocycles. The maximum atomic E-state index is 12.0. The Balaban J connectivity index is 1.82. The van der Waals surface area contributed by atoms with Crippen LogP contribution >= 0.6 is 22.9 Å². The summed E-state index contributed by atoms with van der Waals surface area (Å²) in [4.78, 5) is 26.7. The highest BCUT2D eigenvalue weighted by Crippen LogP contribution is 2.23. The lowest BCUT2D eigenvalue weighted by Crippen LogP contribution is -2.34. The monoisotopic (exact) mass is 364 g/mol. The van der Waals surface area contributed by atoms with Gasteiger partial charge >= 0.3 is 0 Å². The van der Waals surface area contributed by atoms with Crippen molar-refractivity contribution in [3.05, 3.63) is 57.2 Å². The molecule has 0 aliphatic carbocycles. The fourth-order valence-corrected chi connectivity index (χ4v) is 3.40. The summed E-state index contributed by atoms with van der Waals surface area (Å²) < 4.78 is 0.583. The number of carbonyl (C=O) groups excluding carboxylic acids is 2. The van der Waals surface area contributed by atoms with Crippen LogP contribution in [0.5, 0.6) is 0 Å². The number of thiophene rings is 1. The number of benzene rings is 1. The van der Waals surface area contributed by atoms with Crippen molar-refractivity contribution in [2.75, 3.05) is 20.6 Å². The van der Waals surface area contributed by atoms with E-state index in [2.05, 4.69) is 10.2 Å². The number of hydrogen-bond donors (Lipinski definition) is 1. The van der Waals surface area contributed by atoms with E-state index in [1.54, 1.807) is 12.1 Å². The van der Waals surface area contributed by atoms with Crippen molar-refractivity contribution < 1.29 is 9.59 Å². The number of hydrogen-bond acceptors (Lipinski definition) is 4. The van der Waals surface area contributed by atoms with Crippen molar-refractivity contribution in [3.63, 3.8) is 0 Å². The van der Waals surface area contributed by atoms with Gasteiger partial charge in [-0.1, -0.05) is 41.9 Å². The van der Waals surface area contributed by atoms with Crippen LogP contribution in [-0.4, -0.2) is 37.2 Å². The van der Waals surface area contributed by atoms with Gasteiger partial charge in [0.1, 0.15) is 0 Å². The highest BCUT2D eigenvalue weighted by Gasteiger charge is 2.16. The van der Waals surface area contributed by atoms with Crippen molar-refractivity contribution in [3.8, 4) is 0 Å². The van der Waals surface area contributed by atoms with Crippen LogP contribution in [0, 0.1) is 0 Å². The number of rotatable bonds is 8. The second-order valence-electron chi connectivity index (χ2n) is 5.72. The maximum Gasteiger partial charge on any atom is 0.220 e. The first-order chi connectivity index (χ1) is 11.5. The number of carbonyl (C=O) groups is 2. The van der Waals surface area contributed by atoms with Crippen LogP contribution in [0.2, 0.25) is 4.34 Å². The first kappa shape index (κ1) is 18.6. The number of Topliss-reactive ketones (excluding diaryl/α,β-unsaturated/α-hetero) is 1. The van der Waals surface area contributed by atoms with E-state index in [0.29, 0.717) is 15.8 Å². The molecule has 4 nitrogen and oxygen atoms in total. The molecule has 2 aromatic rings. The molecule has 1 atom stereocenters. The average molecular weight is 365 g/mol. The number of nitrogens with zero attached hydrogens (tertiary/aromatic N) is 1. The topological polar surface area (TPSA) is 49.4 Å². The Labute approximate surface area is 151 Å². The van der Waals surface area contributed by atoms with Gasteiger partial charge in [-0.3, -0.25) is 9.59 Å². The molecule has 0 aliphatic heterocycles. The predicted octanol–water partition coefficient (Wildman–Crippen LogP) is 3.78. The van der Waals surface area contributed by atoms with E-state index < -0.39 is 0 Å². The third-order valence-electron chi connectivity index (χ3n) is 3.73. The Kier molecular flexibility index (Phi) is 6.97. The van der Waals surface area contributed by atoms with Crippen LogP contribution in [-0.2, 0) is 4.79 Å². The lowest BCUT2D eigenvalue weighted by Gasteiger charge is -2.25. The van der Waals surface area contributed by atoms with Gasteiger partial charge in [0, 0.05) is 19.4 Å². The standard InChI is InChI=1S/C18H21ClN2O2S/c1-21(2)14(13-6-4-3-5-7-13)12-20-18(23)11-8-15(22)16-9-10-17(19)24-16/h3-7,9-10,14H,8,11-12H2,1-2H3,(H,20,23). The molecule has 0 aliphatic rings. The largest absolute Gasteiger partial charge is 0.354 e. The van der Waals surface area contributed by atoms with Crippen molar-refractivity contribution in [2.24, 2.45) is 0 Å². The smallest absolute Gasteiger partial charge is 0.220 e. The first-order valence-electron chi connectivity index (χ1n) is 7.74. The number of nitrogens with one attached hydrogen (secondary N) is 1. The van der Waals surface area contributed by atoms with Gasteiger partial charge in [-0.25, -0.2) is 0 Å². The maximum absolute atomic E-state index is 12.0. The van der Waals surface area contributed by atoms with Gasteiger partial charge in [-0.15, -0.1) is 11.3 Å². The Morgan fingerprint density at radius 3 is 2.42 bits per heavy atom. The number of likely N-dealkylation sites (N-methyl/N-ethyl adjacent to an activating group) is 1. The van der Waals surface area contributed by atoms with Crippen molar-refractivity contribution in [1.29, 1.82) is 0 Å². The second-order valence-corrected chi connectivity index (χ2v) is 7.44. The van der Waals surface area contributed by atoms with E-state index in [1.807, 2.05) is 44.4 Å². The predicted molar refractivity (Wildman–Crippen MR) is 98.8 cm³/mol. The van der Waals surface area contributed by atoms with Crippen molar-refractivity contribution >= 4 is 34.6 Å².